The van der Waals surface area contributed by atoms with Crippen molar-refractivity contribution in [3.05, 3.63) is 42.1 Å². The fourth-order valence-corrected chi connectivity index (χ4v) is 2.68. The fourth-order valence-electron chi connectivity index (χ4n) is 2.68. The molecule has 1 heterocycles. The maximum Gasteiger partial charge on any atom is 0.155 e. The van der Waals surface area contributed by atoms with Crippen molar-refractivity contribution in [3.8, 4) is 0 Å². The molecule has 0 bridgehead atoms. The van der Waals surface area contributed by atoms with Crippen LogP contribution in [0.2, 0.25) is 0 Å². The normalized spacial score (nSPS) is 20.2. The second-order valence-corrected chi connectivity index (χ2v) is 4.94. The average molecular weight is 239 g/mol. The zero-order valence-corrected chi connectivity index (χ0v) is 10.4. The van der Waals surface area contributed by atoms with Crippen LogP contribution in [0.15, 0.2) is 36.5 Å². The number of nitrogens with one attached hydrogen (secondary N) is 1. The van der Waals surface area contributed by atoms with Crippen molar-refractivity contribution >= 4 is 22.3 Å². The number of aromatic amines is 1. The van der Waals surface area contributed by atoms with Gasteiger partial charge in [0.1, 0.15) is 0 Å². The van der Waals surface area contributed by atoms with Crippen molar-refractivity contribution in [2.45, 2.75) is 32.1 Å². The maximum atomic E-state index is 11.8. The van der Waals surface area contributed by atoms with Crippen molar-refractivity contribution in [1.82, 2.24) is 4.98 Å². The van der Waals surface area contributed by atoms with Crippen molar-refractivity contribution in [2.75, 3.05) is 0 Å². The molecule has 2 nitrogen and oxygen atoms in total. The van der Waals surface area contributed by atoms with Gasteiger partial charge in [-0.05, 0) is 37.0 Å². The van der Waals surface area contributed by atoms with Crippen LogP contribution in [-0.2, 0) is 4.79 Å². The van der Waals surface area contributed by atoms with Gasteiger partial charge >= 0.3 is 0 Å². The Labute approximate surface area is 107 Å². The van der Waals surface area contributed by atoms with Crippen molar-refractivity contribution in [1.29, 1.82) is 0 Å². The number of H-pyrrole nitrogens is 1. The first-order valence-corrected chi connectivity index (χ1v) is 6.64. The van der Waals surface area contributed by atoms with E-state index in [0.29, 0.717) is 6.42 Å². The summed E-state index contributed by atoms with van der Waals surface area (Å²) in [6, 6.07) is 8.26. The molecule has 2 aromatic rings. The third-order valence-corrected chi connectivity index (χ3v) is 3.64. The molecule has 1 aromatic carbocycles. The molecule has 1 N–H and O–H groups in total. The Bertz CT molecular complexity index is 606. The molecule has 0 amide bonds. The molecule has 0 spiro atoms. The van der Waals surface area contributed by atoms with Gasteiger partial charge in [0.2, 0.25) is 0 Å². The van der Waals surface area contributed by atoms with E-state index in [1.165, 1.54) is 22.9 Å². The Morgan fingerprint density at radius 1 is 1.00 bits per heavy atom. The van der Waals surface area contributed by atoms with E-state index in [9.17, 15) is 4.79 Å². The lowest BCUT2D eigenvalue weighted by Gasteiger charge is -2.10. The Morgan fingerprint density at radius 3 is 2.78 bits per heavy atom. The highest BCUT2D eigenvalue weighted by Gasteiger charge is 2.12. The van der Waals surface area contributed by atoms with E-state index in [-0.39, 0.29) is 5.78 Å². The van der Waals surface area contributed by atoms with Gasteiger partial charge in [-0.3, -0.25) is 4.79 Å². The summed E-state index contributed by atoms with van der Waals surface area (Å²) < 4.78 is 0. The minimum atomic E-state index is 0.273. The molecule has 0 saturated heterocycles. The van der Waals surface area contributed by atoms with Gasteiger partial charge in [-0.25, -0.2) is 0 Å². The zero-order valence-electron chi connectivity index (χ0n) is 10.4. The number of carbonyl (C=O) groups excluding carboxylic acids is 1. The number of rotatable bonds is 1. The first kappa shape index (κ1) is 11.3. The molecule has 0 saturated carbocycles. The van der Waals surface area contributed by atoms with E-state index < -0.39 is 0 Å². The first-order valence-electron chi connectivity index (χ1n) is 6.64. The summed E-state index contributed by atoms with van der Waals surface area (Å²) in [4.78, 5) is 15.1. The third kappa shape index (κ3) is 2.10. The predicted molar refractivity (Wildman–Crippen MR) is 74.4 cm³/mol. The van der Waals surface area contributed by atoms with E-state index in [4.69, 9.17) is 0 Å². The molecule has 0 aliphatic heterocycles. The lowest BCUT2D eigenvalue weighted by atomic mass is 9.94. The summed E-state index contributed by atoms with van der Waals surface area (Å²) in [6.45, 7) is 0. The van der Waals surface area contributed by atoms with E-state index in [1.54, 1.807) is 0 Å². The average Bonchev–Trinajstić information content (AvgIpc) is 2.77. The number of allylic oxidation sites excluding steroid dienone is 2. The summed E-state index contributed by atoms with van der Waals surface area (Å²) in [5, 5.41) is 1.22. The molecule has 92 valence electrons. The standard InChI is InChI=1S/C16H17NO/c18-13-7-3-1-2-6-12(10-13)15-11-17-16-9-5-4-8-14(15)16/h4-5,8-11,17H,1-3,6-7H2/b12-10+. The van der Waals surface area contributed by atoms with Gasteiger partial charge in [-0.2, -0.15) is 0 Å². The maximum absolute atomic E-state index is 11.8. The van der Waals surface area contributed by atoms with Crippen LogP contribution in [0, 0.1) is 0 Å². The molecule has 0 unspecified atom stereocenters. The molecule has 1 aliphatic rings. The number of fused-ring (bicyclic) bond motifs is 1. The number of hydrogen-bond donors (Lipinski definition) is 1. The van der Waals surface area contributed by atoms with Crippen molar-refractivity contribution < 1.29 is 4.79 Å². The lowest BCUT2D eigenvalue weighted by molar-refractivity contribution is -0.114. The monoisotopic (exact) mass is 239 g/mol. The Hall–Kier alpha value is -1.83. The third-order valence-electron chi connectivity index (χ3n) is 3.64. The van der Waals surface area contributed by atoms with Crippen LogP contribution in [0.4, 0.5) is 0 Å². The number of benzene rings is 1. The highest BCUT2D eigenvalue weighted by molar-refractivity contribution is 6.01. The number of para-hydroxylation sites is 1. The molecule has 1 aromatic heterocycles. The zero-order chi connectivity index (χ0) is 12.4. The number of carbonyl (C=O) groups is 1. The van der Waals surface area contributed by atoms with Gasteiger partial charge in [0.15, 0.2) is 5.78 Å². The van der Waals surface area contributed by atoms with E-state index >= 15 is 0 Å². The summed E-state index contributed by atoms with van der Waals surface area (Å²) in [6.07, 6.45) is 8.97. The number of ketones is 1. The quantitative estimate of drug-likeness (QED) is 0.799. The van der Waals surface area contributed by atoms with Crippen LogP contribution >= 0.6 is 0 Å². The number of aromatic nitrogens is 1. The molecular weight excluding hydrogens is 222 g/mol. The molecule has 3 rings (SSSR count). The van der Waals surface area contributed by atoms with Crippen molar-refractivity contribution in [2.24, 2.45) is 0 Å². The molecule has 0 fully saturated rings. The smallest absolute Gasteiger partial charge is 0.155 e. The van der Waals surface area contributed by atoms with Crippen LogP contribution in [0.5, 0.6) is 0 Å². The largest absolute Gasteiger partial charge is 0.361 e. The minimum absolute atomic E-state index is 0.273. The topological polar surface area (TPSA) is 32.9 Å². The molecule has 2 heteroatoms. The predicted octanol–water partition coefficient (Wildman–Crippen LogP) is 4.08. The Kier molecular flexibility index (Phi) is 3.01. The summed E-state index contributed by atoms with van der Waals surface area (Å²) in [5.41, 5.74) is 3.53. The first-order chi connectivity index (χ1) is 8.84. The van der Waals surface area contributed by atoms with Gasteiger partial charge in [-0.15, -0.1) is 0 Å². The Balaban J connectivity index is 2.06. The van der Waals surface area contributed by atoms with E-state index in [1.807, 2.05) is 24.4 Å². The van der Waals surface area contributed by atoms with Crippen LogP contribution in [0.3, 0.4) is 0 Å². The van der Waals surface area contributed by atoms with E-state index in [2.05, 4.69) is 17.1 Å². The molecule has 0 radical (unpaired) electrons. The van der Waals surface area contributed by atoms with Gasteiger partial charge in [-0.1, -0.05) is 24.6 Å². The lowest BCUT2D eigenvalue weighted by Crippen LogP contribution is -1.99. The van der Waals surface area contributed by atoms with Crippen LogP contribution < -0.4 is 0 Å². The van der Waals surface area contributed by atoms with Crippen LogP contribution in [-0.4, -0.2) is 10.8 Å². The van der Waals surface area contributed by atoms with Crippen LogP contribution in [0.25, 0.3) is 16.5 Å². The molecule has 18 heavy (non-hydrogen) atoms. The molecule has 0 atom stereocenters. The highest BCUT2D eigenvalue weighted by atomic mass is 16.1. The fraction of sp³-hybridized carbons (Fsp3) is 0.312. The summed E-state index contributed by atoms with van der Waals surface area (Å²) in [5.74, 6) is 0.273. The highest BCUT2D eigenvalue weighted by Crippen LogP contribution is 2.30. The van der Waals surface area contributed by atoms with E-state index in [0.717, 1.165) is 24.8 Å². The Morgan fingerprint density at radius 2 is 1.83 bits per heavy atom. The second-order valence-electron chi connectivity index (χ2n) is 4.94. The minimum Gasteiger partial charge on any atom is -0.361 e. The van der Waals surface area contributed by atoms with Crippen LogP contribution in [0.1, 0.15) is 37.7 Å². The SMILES string of the molecule is O=C1/C=C(/c2c[nH]c3ccccc23)CCCCC1. The summed E-state index contributed by atoms with van der Waals surface area (Å²) in [7, 11) is 0. The summed E-state index contributed by atoms with van der Waals surface area (Å²) >= 11 is 0. The van der Waals surface area contributed by atoms with Crippen molar-refractivity contribution in [3.63, 3.8) is 0 Å². The van der Waals surface area contributed by atoms with Gasteiger partial charge < -0.3 is 4.98 Å². The van der Waals surface area contributed by atoms with Gasteiger partial charge in [0.25, 0.3) is 0 Å². The molecular formula is C16H17NO. The number of hydrogen-bond acceptors (Lipinski definition) is 1. The van der Waals surface area contributed by atoms with Gasteiger partial charge in [0.05, 0.1) is 0 Å². The molecule has 1 aliphatic carbocycles. The van der Waals surface area contributed by atoms with Gasteiger partial charge in [0, 0.05) is 29.1 Å². The second kappa shape index (κ2) is 4.81.